The van der Waals surface area contributed by atoms with Crippen molar-refractivity contribution in [3.63, 3.8) is 0 Å². The molecule has 0 fully saturated rings. The fourth-order valence-electron chi connectivity index (χ4n) is 6.95. The number of aliphatic hydroxyl groups excluding tert-OH is 1. The third-order valence-electron chi connectivity index (χ3n) is 9.50. The van der Waals surface area contributed by atoms with Crippen molar-refractivity contribution in [3.8, 4) is 22.5 Å². The second-order valence-electron chi connectivity index (χ2n) is 12.9. The molecule has 0 aliphatic heterocycles. The number of tetrazole rings is 1. The average Bonchev–Trinajstić information content (AvgIpc) is 3.94. The minimum atomic E-state index is -0.877. The van der Waals surface area contributed by atoms with Gasteiger partial charge in [-0.2, -0.15) is 0 Å². The number of carbonyl (C=O) groups excluding carboxylic acids is 1. The molecule has 7 nitrogen and oxygen atoms in total. The van der Waals surface area contributed by atoms with E-state index in [9.17, 15) is 9.90 Å². The maximum atomic E-state index is 13.6. The lowest BCUT2D eigenvalue weighted by Crippen LogP contribution is -2.44. The van der Waals surface area contributed by atoms with Gasteiger partial charge in [0.1, 0.15) is 5.54 Å². The average molecular weight is 720 g/mol. The monoisotopic (exact) mass is 719 g/mol. The SMILES string of the molecule is CC.CC(C)[C@@H](CO)N(Cc1ccc(-c2ccccc2-c2nnnn2C(c2ccccc2)(c2ccccc2)c2ccccc2)cc1)C(=O)c1cccs1. The summed E-state index contributed by atoms with van der Waals surface area (Å²) in [5.74, 6) is 0.644. The highest BCUT2D eigenvalue weighted by Gasteiger charge is 2.42. The maximum Gasteiger partial charge on any atom is 0.264 e. The number of hydrogen-bond donors (Lipinski definition) is 1. The number of amides is 1. The van der Waals surface area contributed by atoms with Gasteiger partial charge < -0.3 is 10.0 Å². The van der Waals surface area contributed by atoms with Gasteiger partial charge in [-0.15, -0.1) is 16.4 Å². The molecule has 53 heavy (non-hydrogen) atoms. The Balaban J connectivity index is 0.00000236. The van der Waals surface area contributed by atoms with Gasteiger partial charge in [0.25, 0.3) is 5.91 Å². The van der Waals surface area contributed by atoms with Crippen LogP contribution < -0.4 is 0 Å². The minimum Gasteiger partial charge on any atom is -0.394 e. The van der Waals surface area contributed by atoms with Crippen molar-refractivity contribution < 1.29 is 9.90 Å². The topological polar surface area (TPSA) is 84.1 Å². The number of aromatic nitrogens is 4. The Kier molecular flexibility index (Phi) is 12.0. The number of rotatable bonds is 12. The largest absolute Gasteiger partial charge is 0.394 e. The van der Waals surface area contributed by atoms with E-state index in [4.69, 9.17) is 10.3 Å². The molecule has 2 aromatic heterocycles. The number of benzene rings is 5. The van der Waals surface area contributed by atoms with Crippen LogP contribution in [0.3, 0.4) is 0 Å². The summed E-state index contributed by atoms with van der Waals surface area (Å²) in [4.78, 5) is 16.1. The Morgan fingerprint density at radius 3 is 1.74 bits per heavy atom. The van der Waals surface area contributed by atoms with Gasteiger partial charge in [-0.3, -0.25) is 4.79 Å². The molecule has 5 aromatic carbocycles. The highest BCUT2D eigenvalue weighted by Crippen LogP contribution is 2.43. The summed E-state index contributed by atoms with van der Waals surface area (Å²) in [5, 5.41) is 25.9. The Morgan fingerprint density at radius 1 is 0.717 bits per heavy atom. The number of carbonyl (C=O) groups is 1. The summed E-state index contributed by atoms with van der Waals surface area (Å²) in [7, 11) is 0. The van der Waals surface area contributed by atoms with E-state index in [1.165, 1.54) is 11.3 Å². The van der Waals surface area contributed by atoms with Crippen LogP contribution in [-0.4, -0.2) is 48.8 Å². The molecule has 0 bridgehead atoms. The molecule has 0 aliphatic rings. The van der Waals surface area contributed by atoms with Crippen molar-refractivity contribution in [1.82, 2.24) is 25.1 Å². The van der Waals surface area contributed by atoms with Gasteiger partial charge in [-0.05, 0) is 61.2 Å². The van der Waals surface area contributed by atoms with Gasteiger partial charge >= 0.3 is 0 Å². The van der Waals surface area contributed by atoms with Gasteiger partial charge in [0.05, 0.1) is 17.5 Å². The van der Waals surface area contributed by atoms with Crippen LogP contribution in [0.5, 0.6) is 0 Å². The van der Waals surface area contributed by atoms with E-state index in [0.717, 1.165) is 38.9 Å². The van der Waals surface area contributed by atoms with Crippen LogP contribution in [-0.2, 0) is 12.1 Å². The molecule has 268 valence electrons. The van der Waals surface area contributed by atoms with E-state index < -0.39 is 5.54 Å². The molecule has 8 heteroatoms. The van der Waals surface area contributed by atoms with Gasteiger partial charge in [-0.25, -0.2) is 4.68 Å². The van der Waals surface area contributed by atoms with Crippen molar-refractivity contribution in [2.45, 2.75) is 45.8 Å². The molecule has 0 aliphatic carbocycles. The first-order valence-electron chi connectivity index (χ1n) is 18.1. The summed E-state index contributed by atoms with van der Waals surface area (Å²) in [6.45, 7) is 8.34. The summed E-state index contributed by atoms with van der Waals surface area (Å²) < 4.78 is 1.95. The van der Waals surface area contributed by atoms with E-state index in [2.05, 4.69) is 114 Å². The molecule has 1 N–H and O–H groups in total. The fourth-order valence-corrected chi connectivity index (χ4v) is 7.63. The Hall–Kier alpha value is -5.70. The lowest BCUT2D eigenvalue weighted by atomic mass is 9.77. The molecule has 0 spiro atoms. The first-order chi connectivity index (χ1) is 26.0. The molecule has 7 rings (SSSR count). The molecule has 0 saturated heterocycles. The van der Waals surface area contributed by atoms with Crippen LogP contribution in [0.4, 0.5) is 0 Å². The Bertz CT molecular complexity index is 2070. The molecule has 1 atom stereocenters. The van der Waals surface area contributed by atoms with E-state index in [1.54, 1.807) is 4.90 Å². The van der Waals surface area contributed by atoms with Crippen molar-refractivity contribution in [2.24, 2.45) is 5.92 Å². The zero-order valence-electron chi connectivity index (χ0n) is 30.6. The number of aliphatic hydroxyl groups is 1. The van der Waals surface area contributed by atoms with Crippen LogP contribution in [0.1, 0.15) is 59.6 Å². The number of hydrogen-bond acceptors (Lipinski definition) is 6. The molecule has 0 saturated carbocycles. The highest BCUT2D eigenvalue weighted by molar-refractivity contribution is 7.12. The van der Waals surface area contributed by atoms with Crippen LogP contribution in [0.25, 0.3) is 22.5 Å². The number of thiophene rings is 1. The van der Waals surface area contributed by atoms with E-state index >= 15 is 0 Å². The van der Waals surface area contributed by atoms with E-state index in [-0.39, 0.29) is 24.5 Å². The zero-order valence-corrected chi connectivity index (χ0v) is 31.4. The van der Waals surface area contributed by atoms with Crippen LogP contribution in [0.2, 0.25) is 0 Å². The van der Waals surface area contributed by atoms with E-state index in [0.29, 0.717) is 17.2 Å². The summed E-state index contributed by atoms with van der Waals surface area (Å²) >= 11 is 1.42. The molecule has 1 amide bonds. The predicted molar refractivity (Wildman–Crippen MR) is 215 cm³/mol. The van der Waals surface area contributed by atoms with Gasteiger partial charge in [0.15, 0.2) is 5.82 Å². The van der Waals surface area contributed by atoms with Crippen LogP contribution in [0.15, 0.2) is 157 Å². The second kappa shape index (κ2) is 17.2. The normalized spacial score (nSPS) is 11.8. The third-order valence-corrected chi connectivity index (χ3v) is 10.4. The summed E-state index contributed by atoms with van der Waals surface area (Å²) in [6.07, 6.45) is 0. The fraction of sp³-hybridized carbons (Fsp3) is 0.200. The minimum absolute atomic E-state index is 0.0715. The standard InChI is InChI=1S/C43H39N5O2S.C2H6/c1-31(2)39(30-49)47(42(50)40-23-14-28-51-40)29-32-24-26-33(27-25-32)37-21-12-13-22-38(37)41-44-45-46-48(41)43(34-15-6-3-7-16-34,35-17-8-4-9-18-35)36-19-10-5-11-20-36;1-2/h3-28,31,39,49H,29-30H2,1-2H3;1-2H3/t39-;/m1./s1. The second-order valence-corrected chi connectivity index (χ2v) is 13.8. The Morgan fingerprint density at radius 2 is 1.25 bits per heavy atom. The Labute approximate surface area is 316 Å². The molecule has 0 unspecified atom stereocenters. The molecule has 2 heterocycles. The van der Waals surface area contributed by atoms with Gasteiger partial charge in [0.2, 0.25) is 0 Å². The smallest absolute Gasteiger partial charge is 0.264 e. The highest BCUT2D eigenvalue weighted by atomic mass is 32.1. The van der Waals surface area contributed by atoms with Gasteiger partial charge in [0, 0.05) is 12.1 Å². The quantitative estimate of drug-likeness (QED) is 0.127. The van der Waals surface area contributed by atoms with Gasteiger partial charge in [-0.1, -0.05) is 173 Å². The summed E-state index contributed by atoms with van der Waals surface area (Å²) in [6, 6.07) is 51.0. The lowest BCUT2D eigenvalue weighted by Gasteiger charge is -2.36. The molecule has 0 radical (unpaired) electrons. The van der Waals surface area contributed by atoms with Crippen LogP contribution in [0, 0.1) is 5.92 Å². The predicted octanol–water partition coefficient (Wildman–Crippen LogP) is 9.59. The molecular formula is C45H45N5O2S. The lowest BCUT2D eigenvalue weighted by molar-refractivity contribution is 0.0487. The van der Waals surface area contributed by atoms with Crippen molar-refractivity contribution >= 4 is 17.2 Å². The van der Waals surface area contributed by atoms with Crippen molar-refractivity contribution in [3.05, 3.63) is 184 Å². The van der Waals surface area contributed by atoms with Crippen molar-refractivity contribution in [2.75, 3.05) is 6.61 Å². The zero-order chi connectivity index (χ0) is 37.2. The summed E-state index contributed by atoms with van der Waals surface area (Å²) in [5.41, 5.74) is 6.04. The third kappa shape index (κ3) is 7.47. The number of nitrogens with zero attached hydrogens (tertiary/aromatic N) is 5. The first kappa shape index (κ1) is 37.1. The molecular weight excluding hydrogens is 675 g/mol. The maximum absolute atomic E-state index is 13.6. The van der Waals surface area contributed by atoms with Crippen LogP contribution >= 0.6 is 11.3 Å². The van der Waals surface area contributed by atoms with Crippen molar-refractivity contribution in [1.29, 1.82) is 0 Å². The first-order valence-corrected chi connectivity index (χ1v) is 19.0. The molecule has 7 aromatic rings. The van der Waals surface area contributed by atoms with E-state index in [1.807, 2.05) is 80.2 Å².